The van der Waals surface area contributed by atoms with Crippen LogP contribution in [0.15, 0.2) is 40.2 Å². The number of amides is 1. The molecule has 0 aromatic carbocycles. The standard InChI is InChI=1S/C20H16N6O4S2/c1-10-6-13(25-7-11(8-25)17(28)24-19-21-2-4-31-19)23-16-14(10)15(27)12(18(29)30)9-26(16)20-22-3-5-32-20/h2-6,9,11H,7-8H2,1H3,(H,29,30)(H,21,24,28). The topological polar surface area (TPSA) is 130 Å². The lowest BCUT2D eigenvalue weighted by Crippen LogP contribution is -2.52. The fourth-order valence-corrected chi connectivity index (χ4v) is 4.75. The van der Waals surface area contributed by atoms with Crippen molar-refractivity contribution in [2.24, 2.45) is 5.92 Å². The van der Waals surface area contributed by atoms with E-state index >= 15 is 0 Å². The second-order valence-corrected chi connectivity index (χ2v) is 9.05. The van der Waals surface area contributed by atoms with Crippen LogP contribution in [0.4, 0.5) is 10.9 Å². The summed E-state index contributed by atoms with van der Waals surface area (Å²) in [6.45, 7) is 2.70. The van der Waals surface area contributed by atoms with Gasteiger partial charge in [-0.1, -0.05) is 0 Å². The van der Waals surface area contributed by atoms with Crippen molar-refractivity contribution in [3.05, 3.63) is 56.8 Å². The summed E-state index contributed by atoms with van der Waals surface area (Å²) in [5, 5.41) is 17.2. The fraction of sp³-hybridized carbons (Fsp3) is 0.200. The van der Waals surface area contributed by atoms with Crippen LogP contribution in [0.1, 0.15) is 15.9 Å². The van der Waals surface area contributed by atoms with Gasteiger partial charge in [-0.15, -0.1) is 22.7 Å². The van der Waals surface area contributed by atoms with Crippen LogP contribution in [-0.2, 0) is 4.79 Å². The number of aryl methyl sites for hydroxylation is 1. The van der Waals surface area contributed by atoms with Gasteiger partial charge in [0.25, 0.3) is 0 Å². The minimum atomic E-state index is -1.30. The largest absolute Gasteiger partial charge is 0.477 e. The van der Waals surface area contributed by atoms with Crippen molar-refractivity contribution in [1.82, 2.24) is 19.5 Å². The zero-order chi connectivity index (χ0) is 22.4. The third-order valence-corrected chi connectivity index (χ3v) is 6.70. The third kappa shape index (κ3) is 3.42. The van der Waals surface area contributed by atoms with E-state index in [9.17, 15) is 19.5 Å². The minimum Gasteiger partial charge on any atom is -0.477 e. The highest BCUT2D eigenvalue weighted by Gasteiger charge is 2.34. The predicted octanol–water partition coefficient (Wildman–Crippen LogP) is 2.38. The first-order valence-electron chi connectivity index (χ1n) is 9.58. The number of carbonyl (C=O) groups excluding carboxylic acids is 1. The molecule has 4 aromatic rings. The number of thiazole rings is 2. The quantitative estimate of drug-likeness (QED) is 0.457. The number of nitrogens with one attached hydrogen (secondary N) is 1. The van der Waals surface area contributed by atoms with Crippen LogP contribution < -0.4 is 15.6 Å². The van der Waals surface area contributed by atoms with Gasteiger partial charge >= 0.3 is 5.97 Å². The molecule has 12 heteroatoms. The Kier molecular flexibility index (Phi) is 4.94. The molecule has 1 amide bonds. The summed E-state index contributed by atoms with van der Waals surface area (Å²) in [5.74, 6) is -0.990. The second-order valence-electron chi connectivity index (χ2n) is 7.29. The number of carbonyl (C=O) groups is 2. The Hall–Kier alpha value is -3.64. The number of carboxylic acids is 1. The van der Waals surface area contributed by atoms with Crippen LogP contribution in [-0.4, -0.2) is 49.6 Å². The lowest BCUT2D eigenvalue weighted by Gasteiger charge is -2.39. The molecule has 4 aromatic heterocycles. The van der Waals surface area contributed by atoms with Crippen molar-refractivity contribution in [2.75, 3.05) is 23.3 Å². The summed E-state index contributed by atoms with van der Waals surface area (Å²) in [7, 11) is 0. The van der Waals surface area contributed by atoms with Crippen molar-refractivity contribution >= 4 is 56.5 Å². The molecule has 5 rings (SSSR count). The van der Waals surface area contributed by atoms with Gasteiger partial charge in [0, 0.05) is 42.4 Å². The molecule has 1 saturated heterocycles. The molecule has 5 heterocycles. The Morgan fingerprint density at radius 3 is 2.59 bits per heavy atom. The summed E-state index contributed by atoms with van der Waals surface area (Å²) in [4.78, 5) is 51.8. The van der Waals surface area contributed by atoms with Crippen LogP contribution >= 0.6 is 22.7 Å². The summed E-state index contributed by atoms with van der Waals surface area (Å²) in [5.41, 5.74) is 0.0223. The maximum Gasteiger partial charge on any atom is 0.341 e. The molecule has 0 spiro atoms. The molecule has 0 unspecified atom stereocenters. The monoisotopic (exact) mass is 468 g/mol. The molecule has 0 saturated carbocycles. The first kappa shape index (κ1) is 20.3. The number of aromatic carboxylic acids is 1. The predicted molar refractivity (Wildman–Crippen MR) is 121 cm³/mol. The van der Waals surface area contributed by atoms with E-state index in [-0.39, 0.29) is 22.8 Å². The molecular formula is C20H16N6O4S2. The number of aromatic nitrogens is 4. The number of hydrogen-bond acceptors (Lipinski definition) is 9. The lowest BCUT2D eigenvalue weighted by molar-refractivity contribution is -0.120. The minimum absolute atomic E-state index is 0.0977. The Labute approximate surface area is 188 Å². The Bertz CT molecular complexity index is 1390. The Morgan fingerprint density at radius 2 is 1.94 bits per heavy atom. The SMILES string of the molecule is Cc1cc(N2CC(C(=O)Nc3nccs3)C2)nc2c1c(=O)c(C(=O)O)cn2-c1nccs1. The highest BCUT2D eigenvalue weighted by molar-refractivity contribution is 7.13. The van der Waals surface area contributed by atoms with E-state index in [1.807, 2.05) is 4.90 Å². The normalized spacial score (nSPS) is 13.8. The van der Waals surface area contributed by atoms with Gasteiger partial charge in [0.1, 0.15) is 11.4 Å². The first-order chi connectivity index (χ1) is 15.4. The van der Waals surface area contributed by atoms with Gasteiger partial charge in [0.05, 0.1) is 11.3 Å². The second kappa shape index (κ2) is 7.80. The van der Waals surface area contributed by atoms with E-state index in [4.69, 9.17) is 0 Å². The highest BCUT2D eigenvalue weighted by atomic mass is 32.1. The number of anilines is 2. The van der Waals surface area contributed by atoms with E-state index in [1.165, 1.54) is 33.4 Å². The van der Waals surface area contributed by atoms with Gasteiger partial charge in [-0.25, -0.2) is 19.7 Å². The average molecular weight is 469 g/mol. The van der Waals surface area contributed by atoms with E-state index in [0.29, 0.717) is 40.4 Å². The molecule has 2 N–H and O–H groups in total. The molecule has 162 valence electrons. The third-order valence-electron chi connectivity index (χ3n) is 5.24. The van der Waals surface area contributed by atoms with Crippen LogP contribution in [0.2, 0.25) is 0 Å². The summed E-state index contributed by atoms with van der Waals surface area (Å²) in [6.07, 6.45) is 4.50. The maximum absolute atomic E-state index is 12.8. The molecular weight excluding hydrogens is 452 g/mol. The molecule has 1 aliphatic heterocycles. The van der Waals surface area contributed by atoms with E-state index in [2.05, 4.69) is 20.3 Å². The van der Waals surface area contributed by atoms with Crippen molar-refractivity contribution in [2.45, 2.75) is 6.92 Å². The van der Waals surface area contributed by atoms with Crippen molar-refractivity contribution in [3.8, 4) is 5.13 Å². The van der Waals surface area contributed by atoms with Crippen LogP contribution in [0.25, 0.3) is 16.2 Å². The number of nitrogens with zero attached hydrogens (tertiary/aromatic N) is 5. The maximum atomic E-state index is 12.8. The van der Waals surface area contributed by atoms with E-state index in [0.717, 1.165) is 0 Å². The molecule has 10 nitrogen and oxygen atoms in total. The van der Waals surface area contributed by atoms with Gasteiger partial charge in [-0.2, -0.15) is 0 Å². The van der Waals surface area contributed by atoms with Gasteiger partial charge in [0.15, 0.2) is 15.9 Å². The molecule has 0 atom stereocenters. The van der Waals surface area contributed by atoms with Crippen molar-refractivity contribution in [3.63, 3.8) is 0 Å². The van der Waals surface area contributed by atoms with E-state index in [1.54, 1.807) is 36.1 Å². The number of rotatable bonds is 5. The summed E-state index contributed by atoms with van der Waals surface area (Å²) >= 11 is 2.67. The summed E-state index contributed by atoms with van der Waals surface area (Å²) < 4.78 is 1.54. The number of hydrogen-bond donors (Lipinski definition) is 2. The molecule has 0 radical (unpaired) electrons. The number of pyridine rings is 2. The van der Waals surface area contributed by atoms with Gasteiger partial charge < -0.3 is 15.3 Å². The van der Waals surface area contributed by atoms with Gasteiger partial charge in [-0.3, -0.25) is 14.2 Å². The number of carboxylic acid groups (broad SMARTS) is 1. The van der Waals surface area contributed by atoms with Gasteiger partial charge in [-0.05, 0) is 18.6 Å². The smallest absolute Gasteiger partial charge is 0.341 e. The number of fused-ring (bicyclic) bond motifs is 1. The highest BCUT2D eigenvalue weighted by Crippen LogP contribution is 2.29. The molecule has 1 fully saturated rings. The molecule has 0 aliphatic carbocycles. The lowest BCUT2D eigenvalue weighted by atomic mass is 9.99. The van der Waals surface area contributed by atoms with Crippen molar-refractivity contribution < 1.29 is 14.7 Å². The van der Waals surface area contributed by atoms with Gasteiger partial charge in [0.2, 0.25) is 11.3 Å². The summed E-state index contributed by atoms with van der Waals surface area (Å²) in [6, 6.07) is 1.75. The van der Waals surface area contributed by atoms with Crippen LogP contribution in [0.5, 0.6) is 0 Å². The van der Waals surface area contributed by atoms with Crippen molar-refractivity contribution in [1.29, 1.82) is 0 Å². The molecule has 1 aliphatic rings. The Morgan fingerprint density at radius 1 is 1.19 bits per heavy atom. The Balaban J connectivity index is 1.50. The van der Waals surface area contributed by atoms with E-state index < -0.39 is 11.4 Å². The van der Waals surface area contributed by atoms with Crippen LogP contribution in [0.3, 0.4) is 0 Å². The average Bonchev–Trinajstić information content (AvgIpc) is 3.40. The van der Waals surface area contributed by atoms with Crippen LogP contribution in [0, 0.1) is 12.8 Å². The molecule has 32 heavy (non-hydrogen) atoms. The fourth-order valence-electron chi connectivity index (χ4n) is 3.60. The first-order valence-corrected chi connectivity index (χ1v) is 11.3. The zero-order valence-electron chi connectivity index (χ0n) is 16.7. The zero-order valence-corrected chi connectivity index (χ0v) is 18.3. The molecule has 0 bridgehead atoms.